The van der Waals surface area contributed by atoms with Crippen LogP contribution in [0.3, 0.4) is 0 Å². The van der Waals surface area contributed by atoms with Gasteiger partial charge in [-0.25, -0.2) is 0 Å². The topological polar surface area (TPSA) is 0 Å². The lowest BCUT2D eigenvalue weighted by Crippen LogP contribution is -2.19. The maximum Gasteiger partial charge on any atom is -0.0178 e. The number of fused-ring (bicyclic) bond motifs is 1. The first-order valence-electron chi connectivity index (χ1n) is 6.55. The zero-order valence-electron chi connectivity index (χ0n) is 10.0. The molecule has 2 atom stereocenters. The molecule has 0 spiro atoms. The van der Waals surface area contributed by atoms with Crippen LogP contribution in [0.1, 0.15) is 65.2 Å². The summed E-state index contributed by atoms with van der Waals surface area (Å²) in [7, 11) is 0. The molecule has 0 aliphatic heterocycles. The fraction of sp³-hybridized carbons (Fsp3) is 0.857. The molecule has 0 saturated heterocycles. The SMILES string of the molecule is C=C1CCCC2CCCCCC12.CC. The van der Waals surface area contributed by atoms with Crippen LogP contribution in [0.2, 0.25) is 0 Å². The molecule has 0 aromatic heterocycles. The number of rotatable bonds is 0. The molecule has 2 unspecified atom stereocenters. The standard InChI is InChI=1S/C12H20.C2H6/c1-10-6-5-8-11-7-3-2-4-9-12(10)11;1-2/h11-12H,1-9H2;1-2H3. The fourth-order valence-corrected chi connectivity index (χ4v) is 3.04. The Balaban J connectivity index is 0.000000461. The van der Waals surface area contributed by atoms with E-state index in [0.29, 0.717) is 0 Å². The second-order valence-electron chi connectivity index (χ2n) is 4.56. The summed E-state index contributed by atoms with van der Waals surface area (Å²) in [6, 6.07) is 0. The molecule has 82 valence electrons. The molecule has 0 amide bonds. The summed E-state index contributed by atoms with van der Waals surface area (Å²) in [6.45, 7) is 8.24. The summed E-state index contributed by atoms with van der Waals surface area (Å²) >= 11 is 0. The normalized spacial score (nSPS) is 32.3. The average Bonchev–Trinajstić information content (AvgIpc) is 2.47. The van der Waals surface area contributed by atoms with E-state index in [4.69, 9.17) is 0 Å². The van der Waals surface area contributed by atoms with Crippen LogP contribution in [0.15, 0.2) is 12.2 Å². The predicted octanol–water partition coefficient (Wildman–Crippen LogP) is 4.95. The van der Waals surface area contributed by atoms with E-state index in [1.54, 1.807) is 5.57 Å². The van der Waals surface area contributed by atoms with E-state index < -0.39 is 0 Å². The van der Waals surface area contributed by atoms with E-state index >= 15 is 0 Å². The van der Waals surface area contributed by atoms with Gasteiger partial charge in [0.05, 0.1) is 0 Å². The van der Waals surface area contributed by atoms with Gasteiger partial charge in [0.25, 0.3) is 0 Å². The van der Waals surface area contributed by atoms with Gasteiger partial charge in [-0.15, -0.1) is 0 Å². The lowest BCUT2D eigenvalue weighted by Gasteiger charge is -2.31. The maximum absolute atomic E-state index is 4.24. The molecular weight excluding hydrogens is 168 g/mol. The highest BCUT2D eigenvalue weighted by molar-refractivity contribution is 5.06. The molecule has 2 fully saturated rings. The van der Waals surface area contributed by atoms with Crippen molar-refractivity contribution in [2.24, 2.45) is 11.8 Å². The molecule has 2 aliphatic carbocycles. The van der Waals surface area contributed by atoms with Gasteiger partial charge in [-0.1, -0.05) is 45.3 Å². The monoisotopic (exact) mass is 194 g/mol. The summed E-state index contributed by atoms with van der Waals surface area (Å²) in [6.07, 6.45) is 11.6. The lowest BCUT2D eigenvalue weighted by molar-refractivity contribution is 0.288. The molecule has 0 aromatic rings. The van der Waals surface area contributed by atoms with E-state index in [2.05, 4.69) is 6.58 Å². The molecule has 0 heterocycles. The summed E-state index contributed by atoms with van der Waals surface area (Å²) in [5.74, 6) is 1.94. The number of hydrogen-bond donors (Lipinski definition) is 0. The Bertz CT molecular complexity index is 169. The summed E-state index contributed by atoms with van der Waals surface area (Å²) in [5.41, 5.74) is 1.58. The Morgan fingerprint density at radius 3 is 2.36 bits per heavy atom. The first kappa shape index (κ1) is 11.8. The van der Waals surface area contributed by atoms with Gasteiger partial charge in [-0.05, 0) is 43.9 Å². The molecule has 14 heavy (non-hydrogen) atoms. The van der Waals surface area contributed by atoms with Crippen LogP contribution in [-0.2, 0) is 0 Å². The van der Waals surface area contributed by atoms with Crippen LogP contribution in [0.4, 0.5) is 0 Å². The van der Waals surface area contributed by atoms with Crippen molar-refractivity contribution < 1.29 is 0 Å². The second kappa shape index (κ2) is 6.27. The zero-order chi connectivity index (χ0) is 10.4. The van der Waals surface area contributed by atoms with Crippen molar-refractivity contribution >= 4 is 0 Å². The summed E-state index contributed by atoms with van der Waals surface area (Å²) < 4.78 is 0. The first-order chi connectivity index (χ1) is 6.88. The van der Waals surface area contributed by atoms with Gasteiger partial charge < -0.3 is 0 Å². The minimum absolute atomic E-state index is 0.918. The molecule has 0 aromatic carbocycles. The van der Waals surface area contributed by atoms with Crippen LogP contribution in [0.25, 0.3) is 0 Å². The molecular formula is C14H26. The van der Waals surface area contributed by atoms with Crippen LogP contribution in [-0.4, -0.2) is 0 Å². The highest BCUT2D eigenvalue weighted by Crippen LogP contribution is 2.41. The average molecular weight is 194 g/mol. The third kappa shape index (κ3) is 2.87. The maximum atomic E-state index is 4.24. The highest BCUT2D eigenvalue weighted by Gasteiger charge is 2.28. The van der Waals surface area contributed by atoms with Crippen molar-refractivity contribution in [2.45, 2.75) is 65.2 Å². The van der Waals surface area contributed by atoms with E-state index in [1.165, 1.54) is 51.4 Å². The van der Waals surface area contributed by atoms with Crippen molar-refractivity contribution in [3.63, 3.8) is 0 Å². The number of hydrogen-bond acceptors (Lipinski definition) is 0. The Morgan fingerprint density at radius 2 is 1.57 bits per heavy atom. The smallest absolute Gasteiger partial charge is 0.0178 e. The quantitative estimate of drug-likeness (QED) is 0.479. The van der Waals surface area contributed by atoms with Crippen LogP contribution in [0, 0.1) is 11.8 Å². The van der Waals surface area contributed by atoms with Gasteiger partial charge >= 0.3 is 0 Å². The Kier molecular flexibility index (Phi) is 5.29. The van der Waals surface area contributed by atoms with Crippen molar-refractivity contribution in [1.82, 2.24) is 0 Å². The molecule has 2 rings (SSSR count). The minimum atomic E-state index is 0.918. The van der Waals surface area contributed by atoms with E-state index in [1.807, 2.05) is 13.8 Å². The fourth-order valence-electron chi connectivity index (χ4n) is 3.04. The second-order valence-corrected chi connectivity index (χ2v) is 4.56. The molecule has 0 bridgehead atoms. The van der Waals surface area contributed by atoms with Gasteiger partial charge in [0.15, 0.2) is 0 Å². The zero-order valence-corrected chi connectivity index (χ0v) is 10.0. The van der Waals surface area contributed by atoms with E-state index in [9.17, 15) is 0 Å². The molecule has 2 saturated carbocycles. The van der Waals surface area contributed by atoms with Gasteiger partial charge in [0, 0.05) is 0 Å². The van der Waals surface area contributed by atoms with Gasteiger partial charge in [0.2, 0.25) is 0 Å². The van der Waals surface area contributed by atoms with Crippen LogP contribution in [0.5, 0.6) is 0 Å². The van der Waals surface area contributed by atoms with Crippen LogP contribution < -0.4 is 0 Å². The number of allylic oxidation sites excluding steroid dienone is 1. The minimum Gasteiger partial charge on any atom is -0.0996 e. The van der Waals surface area contributed by atoms with Crippen molar-refractivity contribution in [2.75, 3.05) is 0 Å². The summed E-state index contributed by atoms with van der Waals surface area (Å²) in [5, 5.41) is 0. The van der Waals surface area contributed by atoms with Gasteiger partial charge in [0.1, 0.15) is 0 Å². The summed E-state index contributed by atoms with van der Waals surface area (Å²) in [4.78, 5) is 0. The molecule has 2 aliphatic rings. The van der Waals surface area contributed by atoms with Crippen molar-refractivity contribution in [3.8, 4) is 0 Å². The highest BCUT2D eigenvalue weighted by atomic mass is 14.3. The Hall–Kier alpha value is -0.260. The van der Waals surface area contributed by atoms with Crippen molar-refractivity contribution in [1.29, 1.82) is 0 Å². The third-order valence-corrected chi connectivity index (χ3v) is 3.76. The lowest BCUT2D eigenvalue weighted by atomic mass is 9.74. The van der Waals surface area contributed by atoms with E-state index in [0.717, 1.165) is 11.8 Å². The Morgan fingerprint density at radius 1 is 0.929 bits per heavy atom. The largest absolute Gasteiger partial charge is 0.0996 e. The third-order valence-electron chi connectivity index (χ3n) is 3.76. The van der Waals surface area contributed by atoms with Crippen LogP contribution >= 0.6 is 0 Å². The molecule has 0 heteroatoms. The molecule has 0 nitrogen and oxygen atoms in total. The van der Waals surface area contributed by atoms with Crippen molar-refractivity contribution in [3.05, 3.63) is 12.2 Å². The van der Waals surface area contributed by atoms with E-state index in [-0.39, 0.29) is 0 Å². The first-order valence-corrected chi connectivity index (χ1v) is 6.55. The molecule has 0 N–H and O–H groups in total. The molecule has 0 radical (unpaired) electrons. The Labute approximate surface area is 89.8 Å². The van der Waals surface area contributed by atoms with Gasteiger partial charge in [-0.3, -0.25) is 0 Å². The predicted molar refractivity (Wildman–Crippen MR) is 64.4 cm³/mol. The van der Waals surface area contributed by atoms with Gasteiger partial charge in [-0.2, -0.15) is 0 Å².